The Bertz CT molecular complexity index is 604. The van der Waals surface area contributed by atoms with E-state index in [0.717, 1.165) is 18.9 Å². The van der Waals surface area contributed by atoms with Crippen LogP contribution in [-0.4, -0.2) is 27.7 Å². The second-order valence-corrected chi connectivity index (χ2v) is 6.74. The van der Waals surface area contributed by atoms with Gasteiger partial charge in [-0.2, -0.15) is 0 Å². The van der Waals surface area contributed by atoms with E-state index < -0.39 is 15.8 Å². The SMILES string of the molecule is COC1CCCC1NS(=O)(=O)c1cc(N)cc(F)c1C. The first-order valence-corrected chi connectivity index (χ1v) is 7.94. The highest BCUT2D eigenvalue weighted by Crippen LogP contribution is 2.26. The standard InChI is InChI=1S/C13H19FN2O3S/c1-8-10(14)6-9(15)7-13(8)20(17,18)16-11-4-3-5-12(11)19-2/h6-7,11-12,16H,3-5,15H2,1-2H3. The van der Waals surface area contributed by atoms with E-state index in [9.17, 15) is 12.8 Å². The van der Waals surface area contributed by atoms with Crippen molar-refractivity contribution in [1.29, 1.82) is 0 Å². The lowest BCUT2D eigenvalue weighted by Crippen LogP contribution is -2.40. The average molecular weight is 302 g/mol. The van der Waals surface area contributed by atoms with Crippen LogP contribution >= 0.6 is 0 Å². The van der Waals surface area contributed by atoms with Crippen molar-refractivity contribution in [3.05, 3.63) is 23.5 Å². The molecule has 0 bridgehead atoms. The van der Waals surface area contributed by atoms with Crippen LogP contribution in [-0.2, 0) is 14.8 Å². The first-order chi connectivity index (χ1) is 9.35. The Morgan fingerprint density at radius 2 is 2.10 bits per heavy atom. The lowest BCUT2D eigenvalue weighted by molar-refractivity contribution is 0.0916. The molecule has 3 N–H and O–H groups in total. The van der Waals surface area contributed by atoms with Gasteiger partial charge in [-0.3, -0.25) is 0 Å². The van der Waals surface area contributed by atoms with Gasteiger partial charge in [0, 0.05) is 24.4 Å². The molecule has 1 aliphatic rings. The van der Waals surface area contributed by atoms with Gasteiger partial charge in [-0.05, 0) is 38.3 Å². The monoisotopic (exact) mass is 302 g/mol. The molecular formula is C13H19FN2O3S. The average Bonchev–Trinajstić information content (AvgIpc) is 2.80. The molecule has 1 saturated carbocycles. The molecule has 1 aromatic rings. The summed E-state index contributed by atoms with van der Waals surface area (Å²) in [5, 5.41) is 0. The van der Waals surface area contributed by atoms with Crippen molar-refractivity contribution in [2.75, 3.05) is 12.8 Å². The molecule has 112 valence electrons. The molecular weight excluding hydrogens is 283 g/mol. The fourth-order valence-electron chi connectivity index (χ4n) is 2.56. The van der Waals surface area contributed by atoms with Crippen molar-refractivity contribution in [3.8, 4) is 0 Å². The van der Waals surface area contributed by atoms with Gasteiger partial charge < -0.3 is 10.5 Å². The number of hydrogen-bond donors (Lipinski definition) is 2. The molecule has 1 aliphatic carbocycles. The summed E-state index contributed by atoms with van der Waals surface area (Å²) in [5.41, 5.74) is 5.68. The lowest BCUT2D eigenvalue weighted by atomic mass is 10.2. The smallest absolute Gasteiger partial charge is 0.241 e. The minimum absolute atomic E-state index is 0.0682. The maximum absolute atomic E-state index is 13.6. The summed E-state index contributed by atoms with van der Waals surface area (Å²) < 4.78 is 46.3. The zero-order valence-corrected chi connectivity index (χ0v) is 12.3. The third kappa shape index (κ3) is 2.94. The number of halogens is 1. The summed E-state index contributed by atoms with van der Waals surface area (Å²) in [6, 6.07) is 2.10. The first kappa shape index (κ1) is 15.2. The maximum Gasteiger partial charge on any atom is 0.241 e. The molecule has 0 radical (unpaired) electrons. The van der Waals surface area contributed by atoms with Gasteiger partial charge in [0.15, 0.2) is 0 Å². The van der Waals surface area contributed by atoms with Gasteiger partial charge >= 0.3 is 0 Å². The van der Waals surface area contributed by atoms with E-state index in [1.807, 2.05) is 0 Å². The Morgan fingerprint density at radius 3 is 2.75 bits per heavy atom. The number of rotatable bonds is 4. The second kappa shape index (κ2) is 5.67. The Kier molecular flexibility index (Phi) is 4.31. The van der Waals surface area contributed by atoms with Crippen LogP contribution in [0.1, 0.15) is 24.8 Å². The van der Waals surface area contributed by atoms with Crippen LogP contribution in [0.4, 0.5) is 10.1 Å². The molecule has 0 heterocycles. The predicted octanol–water partition coefficient (Wildman–Crippen LogP) is 1.56. The zero-order chi connectivity index (χ0) is 14.9. The largest absolute Gasteiger partial charge is 0.399 e. The highest BCUT2D eigenvalue weighted by Gasteiger charge is 2.32. The first-order valence-electron chi connectivity index (χ1n) is 6.46. The number of nitrogen functional groups attached to an aromatic ring is 1. The van der Waals surface area contributed by atoms with Gasteiger partial charge in [-0.1, -0.05) is 0 Å². The molecule has 1 fully saturated rings. The van der Waals surface area contributed by atoms with Crippen molar-refractivity contribution in [2.45, 2.75) is 43.2 Å². The molecule has 0 aromatic heterocycles. The zero-order valence-electron chi connectivity index (χ0n) is 11.5. The molecule has 0 aliphatic heterocycles. The van der Waals surface area contributed by atoms with E-state index in [-0.39, 0.29) is 28.3 Å². The molecule has 0 amide bonds. The Morgan fingerprint density at radius 1 is 1.40 bits per heavy atom. The highest BCUT2D eigenvalue weighted by molar-refractivity contribution is 7.89. The minimum Gasteiger partial charge on any atom is -0.399 e. The van der Waals surface area contributed by atoms with Crippen LogP contribution in [0.5, 0.6) is 0 Å². The van der Waals surface area contributed by atoms with Crippen molar-refractivity contribution in [2.24, 2.45) is 0 Å². The Hall–Kier alpha value is -1.18. The molecule has 2 unspecified atom stereocenters. The maximum atomic E-state index is 13.6. The van der Waals surface area contributed by atoms with Crippen LogP contribution < -0.4 is 10.5 Å². The van der Waals surface area contributed by atoms with Crippen LogP contribution in [0.15, 0.2) is 17.0 Å². The van der Waals surface area contributed by atoms with Gasteiger partial charge in [0.25, 0.3) is 0 Å². The molecule has 0 spiro atoms. The summed E-state index contributed by atoms with van der Waals surface area (Å²) in [4.78, 5) is -0.114. The summed E-state index contributed by atoms with van der Waals surface area (Å²) >= 11 is 0. The number of nitrogens with two attached hydrogens (primary N) is 1. The fraction of sp³-hybridized carbons (Fsp3) is 0.538. The van der Waals surface area contributed by atoms with E-state index >= 15 is 0 Å². The van der Waals surface area contributed by atoms with E-state index in [2.05, 4.69) is 4.72 Å². The number of anilines is 1. The summed E-state index contributed by atoms with van der Waals surface area (Å²) in [6.45, 7) is 1.42. The van der Waals surface area contributed by atoms with E-state index in [1.54, 1.807) is 7.11 Å². The number of ether oxygens (including phenoxy) is 1. The van der Waals surface area contributed by atoms with Crippen molar-refractivity contribution >= 4 is 15.7 Å². The number of hydrogen-bond acceptors (Lipinski definition) is 4. The van der Waals surface area contributed by atoms with E-state index in [0.29, 0.717) is 6.42 Å². The van der Waals surface area contributed by atoms with Gasteiger partial charge in [0.1, 0.15) is 5.82 Å². The van der Waals surface area contributed by atoms with E-state index in [4.69, 9.17) is 10.5 Å². The van der Waals surface area contributed by atoms with Gasteiger partial charge in [0.2, 0.25) is 10.0 Å². The van der Waals surface area contributed by atoms with Crippen molar-refractivity contribution in [1.82, 2.24) is 4.72 Å². The van der Waals surface area contributed by atoms with Gasteiger partial charge in [-0.25, -0.2) is 17.5 Å². The van der Waals surface area contributed by atoms with Gasteiger partial charge in [0.05, 0.1) is 11.0 Å². The number of methoxy groups -OCH3 is 1. The normalized spacial score (nSPS) is 23.1. The predicted molar refractivity (Wildman–Crippen MR) is 74.3 cm³/mol. The van der Waals surface area contributed by atoms with E-state index in [1.165, 1.54) is 13.0 Å². The van der Waals surface area contributed by atoms with Crippen LogP contribution in [0.2, 0.25) is 0 Å². The van der Waals surface area contributed by atoms with Crippen LogP contribution in [0.25, 0.3) is 0 Å². The third-order valence-electron chi connectivity index (χ3n) is 3.67. The van der Waals surface area contributed by atoms with Crippen LogP contribution in [0.3, 0.4) is 0 Å². The molecule has 2 rings (SSSR count). The third-order valence-corrected chi connectivity index (χ3v) is 5.29. The Balaban J connectivity index is 2.31. The second-order valence-electron chi connectivity index (χ2n) is 5.06. The quantitative estimate of drug-likeness (QED) is 0.827. The van der Waals surface area contributed by atoms with Crippen LogP contribution in [0, 0.1) is 12.7 Å². The molecule has 20 heavy (non-hydrogen) atoms. The fourth-order valence-corrected chi connectivity index (χ4v) is 4.15. The van der Waals surface area contributed by atoms with Crippen molar-refractivity contribution < 1.29 is 17.5 Å². The number of benzene rings is 1. The minimum atomic E-state index is -3.81. The summed E-state index contributed by atoms with van der Waals surface area (Å²) in [5.74, 6) is -0.625. The molecule has 1 aromatic carbocycles. The molecule has 5 nitrogen and oxygen atoms in total. The van der Waals surface area contributed by atoms with Gasteiger partial charge in [-0.15, -0.1) is 0 Å². The number of sulfonamides is 1. The Labute approximate surface area is 118 Å². The molecule has 2 atom stereocenters. The molecule has 0 saturated heterocycles. The topological polar surface area (TPSA) is 81.4 Å². The highest BCUT2D eigenvalue weighted by atomic mass is 32.2. The lowest BCUT2D eigenvalue weighted by Gasteiger charge is -2.20. The summed E-state index contributed by atoms with van der Waals surface area (Å²) in [7, 11) is -2.25. The van der Waals surface area contributed by atoms with Crippen molar-refractivity contribution in [3.63, 3.8) is 0 Å². The number of nitrogens with one attached hydrogen (secondary N) is 1. The molecule has 7 heteroatoms. The summed E-state index contributed by atoms with van der Waals surface area (Å²) in [6.07, 6.45) is 2.28.